The van der Waals surface area contributed by atoms with Crippen molar-refractivity contribution in [1.82, 2.24) is 4.98 Å². The lowest BCUT2D eigenvalue weighted by atomic mass is 10.0. The highest BCUT2D eigenvalue weighted by atomic mass is 127. The second-order valence-electron chi connectivity index (χ2n) is 6.50. The number of benzene rings is 1. The van der Waals surface area contributed by atoms with Crippen LogP contribution in [0.25, 0.3) is 0 Å². The molecule has 0 radical (unpaired) electrons. The molecule has 1 aromatic heterocycles. The fourth-order valence-corrected chi connectivity index (χ4v) is 4.02. The number of nitrogens with one attached hydrogen (secondary N) is 3. The fourth-order valence-electron chi connectivity index (χ4n) is 2.83. The summed E-state index contributed by atoms with van der Waals surface area (Å²) in [5, 5.41) is 23.7. The molecule has 1 aliphatic carbocycles. The molecule has 3 rings (SSSR count). The van der Waals surface area contributed by atoms with Gasteiger partial charge >= 0.3 is 0 Å². The number of anilines is 2. The molecule has 1 unspecified atom stereocenters. The molecule has 1 aromatic carbocycles. The van der Waals surface area contributed by atoms with Gasteiger partial charge in [0, 0.05) is 41.1 Å². The molecule has 8 heteroatoms. The maximum absolute atomic E-state index is 12.7. The molecule has 0 aliphatic heterocycles. The average molecular weight is 491 g/mol. The summed E-state index contributed by atoms with van der Waals surface area (Å²) in [6.45, 7) is 3.60. The molecular weight excluding hydrogens is 472 g/mol. The molecule has 0 saturated heterocycles. The van der Waals surface area contributed by atoms with E-state index >= 15 is 0 Å². The van der Waals surface area contributed by atoms with Gasteiger partial charge in [-0.15, -0.1) is 0 Å². The summed E-state index contributed by atoms with van der Waals surface area (Å²) >= 11 is 2.26. The highest BCUT2D eigenvalue weighted by Gasteiger charge is 2.29. The lowest BCUT2D eigenvalue weighted by Crippen LogP contribution is -2.17. The van der Waals surface area contributed by atoms with Crippen LogP contribution in [0.15, 0.2) is 24.4 Å². The van der Waals surface area contributed by atoms with E-state index in [1.54, 1.807) is 6.92 Å². The number of carbonyl (C=O) groups is 1. The van der Waals surface area contributed by atoms with Crippen LogP contribution < -0.4 is 10.4 Å². The van der Waals surface area contributed by atoms with Crippen molar-refractivity contribution in [2.75, 3.05) is 10.4 Å². The summed E-state index contributed by atoms with van der Waals surface area (Å²) in [6, 6.07) is 7.66. The van der Waals surface area contributed by atoms with Gasteiger partial charge in [-0.3, -0.25) is 4.79 Å². The summed E-state index contributed by atoms with van der Waals surface area (Å²) in [7, 11) is 0. The van der Waals surface area contributed by atoms with Crippen LogP contribution in [-0.2, 0) is 0 Å². The predicted molar refractivity (Wildman–Crippen MR) is 118 cm³/mol. The number of carbonyl (C=O) groups excluding carboxylic acids is 1. The molecule has 1 atom stereocenters. The van der Waals surface area contributed by atoms with Gasteiger partial charge in [0.1, 0.15) is 11.8 Å². The predicted octanol–water partition coefficient (Wildman–Crippen LogP) is 4.96. The zero-order valence-electron chi connectivity index (χ0n) is 15.0. The van der Waals surface area contributed by atoms with E-state index in [1.165, 1.54) is 6.20 Å². The van der Waals surface area contributed by atoms with Gasteiger partial charge in [-0.2, -0.15) is 5.26 Å². The molecule has 27 heavy (non-hydrogen) atoms. The van der Waals surface area contributed by atoms with Crippen molar-refractivity contribution < 1.29 is 4.79 Å². The topological polar surface area (TPSA) is 102 Å². The number of nitriles is 1. The Bertz CT molecular complexity index is 965. The van der Waals surface area contributed by atoms with Gasteiger partial charge in [0.15, 0.2) is 0 Å². The number of pyridine rings is 1. The first-order valence-corrected chi connectivity index (χ1v) is 12.6. The maximum Gasteiger partial charge on any atom is 0.274 e. The summed E-state index contributed by atoms with van der Waals surface area (Å²) in [6.07, 6.45) is 4.04. The van der Waals surface area contributed by atoms with E-state index in [-0.39, 0.29) is 5.91 Å². The van der Waals surface area contributed by atoms with Gasteiger partial charge < -0.3 is 15.8 Å². The van der Waals surface area contributed by atoms with Gasteiger partial charge in [0.2, 0.25) is 0 Å². The van der Waals surface area contributed by atoms with Crippen LogP contribution in [0, 0.1) is 36.5 Å². The van der Waals surface area contributed by atoms with E-state index in [2.05, 4.69) is 43.5 Å². The van der Waals surface area contributed by atoms with Crippen molar-refractivity contribution in [2.45, 2.75) is 26.7 Å². The number of rotatable bonds is 6. The molecule has 6 nitrogen and oxygen atoms in total. The molecule has 3 N–H and O–H groups in total. The number of nitrogens with zero attached hydrogens (tertiary/aromatic N) is 2. The number of aromatic nitrogens is 1. The number of halogens is 1. The fraction of sp³-hybridized carbons (Fsp3) is 0.263. The second kappa shape index (κ2) is 8.32. The molecular formula is C19H19IN5OP. The summed E-state index contributed by atoms with van der Waals surface area (Å²) < 4.78 is 0. The molecule has 138 valence electrons. The van der Waals surface area contributed by atoms with Crippen molar-refractivity contribution in [3.63, 3.8) is 0 Å². The monoisotopic (exact) mass is 491 g/mol. The van der Waals surface area contributed by atoms with Gasteiger partial charge in [-0.05, 0) is 78.1 Å². The van der Waals surface area contributed by atoms with Crippen LogP contribution in [0.4, 0.5) is 11.4 Å². The summed E-state index contributed by atoms with van der Waals surface area (Å²) in [4.78, 5) is 16.9. The van der Waals surface area contributed by atoms with E-state index in [9.17, 15) is 4.79 Å². The van der Waals surface area contributed by atoms with Crippen LogP contribution in [-0.4, -0.2) is 16.6 Å². The largest absolute Gasteiger partial charge is 0.358 e. The zero-order chi connectivity index (χ0) is 19.6. The Labute approximate surface area is 173 Å². The Balaban J connectivity index is 1.88. The zero-order valence-corrected chi connectivity index (χ0v) is 18.1. The third-order valence-corrected chi connectivity index (χ3v) is 5.89. The minimum Gasteiger partial charge on any atom is -0.358 e. The quantitative estimate of drug-likeness (QED) is 0.302. The highest BCUT2D eigenvalue weighted by Crippen LogP contribution is 2.37. The third kappa shape index (κ3) is 4.28. The first kappa shape index (κ1) is 19.7. The van der Waals surface area contributed by atoms with Gasteiger partial charge in [0.05, 0.1) is 5.56 Å². The molecule has 1 saturated carbocycles. The number of hydrogen-bond acceptors (Lipinski definition) is 5. The first-order chi connectivity index (χ1) is 13.0. The summed E-state index contributed by atoms with van der Waals surface area (Å²) in [5.41, 5.74) is 5.23. The maximum atomic E-state index is 12.7. The Morgan fingerprint density at radius 1 is 1.37 bits per heavy atom. The van der Waals surface area contributed by atoms with E-state index in [0.717, 1.165) is 29.7 Å². The minimum absolute atomic E-state index is 0.307. The average Bonchev–Trinajstić information content (AvgIpc) is 3.50. The van der Waals surface area contributed by atoms with Crippen LogP contribution >= 0.6 is 28.4 Å². The second-order valence-corrected chi connectivity index (χ2v) is 8.56. The van der Waals surface area contributed by atoms with Crippen LogP contribution in [0.5, 0.6) is 0 Å². The molecule has 1 fully saturated rings. The Hall–Kier alpha value is -2.04. The molecule has 1 amide bonds. The van der Waals surface area contributed by atoms with Gasteiger partial charge in [0.25, 0.3) is 5.91 Å². The van der Waals surface area contributed by atoms with Crippen molar-refractivity contribution in [2.24, 2.45) is 5.92 Å². The van der Waals surface area contributed by atoms with Crippen LogP contribution in [0.1, 0.15) is 45.6 Å². The highest BCUT2D eigenvalue weighted by molar-refractivity contribution is 14.2. The van der Waals surface area contributed by atoms with Crippen LogP contribution in [0.3, 0.4) is 0 Å². The lowest BCUT2D eigenvalue weighted by molar-refractivity contribution is 0.102. The molecule has 0 bridgehead atoms. The minimum atomic E-state index is -0.319. The van der Waals surface area contributed by atoms with Gasteiger partial charge in [-0.25, -0.2) is 4.98 Å². The smallest absolute Gasteiger partial charge is 0.274 e. The van der Waals surface area contributed by atoms with E-state index in [1.807, 2.05) is 25.1 Å². The van der Waals surface area contributed by atoms with E-state index in [4.69, 9.17) is 10.7 Å². The Morgan fingerprint density at radius 3 is 2.74 bits per heavy atom. The lowest BCUT2D eigenvalue weighted by Gasteiger charge is -2.14. The SMILES string of the molecule is Cc1c(C#N)cnc(C(=O)Nc2ccc(NPI)c(C(=N)C3CC3)c2)c1C. The van der Waals surface area contributed by atoms with E-state index < -0.39 is 0 Å². The van der Waals surface area contributed by atoms with Crippen molar-refractivity contribution in [3.8, 4) is 6.07 Å². The Morgan fingerprint density at radius 2 is 2.11 bits per heavy atom. The molecule has 1 heterocycles. The van der Waals surface area contributed by atoms with Crippen molar-refractivity contribution >= 4 is 51.4 Å². The number of amides is 1. The molecule has 2 aromatic rings. The normalized spacial score (nSPS) is 13.4. The summed E-state index contributed by atoms with van der Waals surface area (Å²) in [5.74, 6) is -0.000370. The standard InChI is InChI=1S/C19H19IN5OP/c1-10-11(2)18(23-9-13(10)8-21)19(26)24-14-5-6-16(25-27-20)15(7-14)17(22)12-3-4-12/h5-7,9,12,22,25,27H,3-4H2,1-2H3,(H,24,26). The number of hydrogen-bond donors (Lipinski definition) is 3. The third-order valence-electron chi connectivity index (χ3n) is 4.72. The van der Waals surface area contributed by atoms with Crippen molar-refractivity contribution in [3.05, 3.63) is 52.3 Å². The Kier molecular flexibility index (Phi) is 6.08. The molecule has 0 spiro atoms. The first-order valence-electron chi connectivity index (χ1n) is 8.48. The van der Waals surface area contributed by atoms with Gasteiger partial charge in [-0.1, -0.05) is 0 Å². The van der Waals surface area contributed by atoms with Crippen molar-refractivity contribution in [1.29, 1.82) is 10.7 Å². The molecule has 1 aliphatic rings. The van der Waals surface area contributed by atoms with Crippen LogP contribution in [0.2, 0.25) is 0 Å². The van der Waals surface area contributed by atoms with E-state index in [0.29, 0.717) is 40.5 Å².